The Balaban J connectivity index is 2.29. The van der Waals surface area contributed by atoms with E-state index in [2.05, 4.69) is 81.8 Å². The van der Waals surface area contributed by atoms with Crippen LogP contribution in [0.4, 0.5) is 0 Å². The third-order valence-electron chi connectivity index (χ3n) is 9.81. The zero-order chi connectivity index (χ0) is 36.5. The number of phenols is 1. The number of aliphatic hydroxyl groups excluding tert-OH is 1. The molecule has 0 aromatic heterocycles. The van der Waals surface area contributed by atoms with Crippen molar-refractivity contribution in [1.82, 2.24) is 10.6 Å². The van der Waals surface area contributed by atoms with Gasteiger partial charge in [0.15, 0.2) is 0 Å². The lowest BCUT2D eigenvalue weighted by Gasteiger charge is -2.26. The summed E-state index contributed by atoms with van der Waals surface area (Å²) in [7, 11) is 0. The molecule has 1 rings (SSSR count). The molecule has 0 aliphatic rings. The van der Waals surface area contributed by atoms with E-state index < -0.39 is 12.3 Å². The number of allylic oxidation sites excluding steroid dienone is 2. The van der Waals surface area contributed by atoms with Crippen LogP contribution in [0, 0.1) is 7.14 Å². The maximum Gasteiger partial charge on any atom is 0.220 e. The van der Waals surface area contributed by atoms with E-state index in [-0.39, 0.29) is 11.7 Å². The molecular formula is C43H76I2N2O3. The molecule has 5 nitrogen and oxygen atoms in total. The first-order valence-electron chi connectivity index (χ1n) is 20.9. The molecule has 0 fully saturated rings. The minimum atomic E-state index is -0.820. The Morgan fingerprint density at radius 2 is 1.04 bits per heavy atom. The largest absolute Gasteiger partial charge is 0.506 e. The number of rotatable bonds is 35. The Labute approximate surface area is 336 Å². The first kappa shape index (κ1) is 47.6. The number of hydrogen-bond acceptors (Lipinski definition) is 4. The van der Waals surface area contributed by atoms with Crippen molar-refractivity contribution in [1.29, 1.82) is 0 Å². The predicted molar refractivity (Wildman–Crippen MR) is 233 cm³/mol. The van der Waals surface area contributed by atoms with Gasteiger partial charge in [-0.25, -0.2) is 0 Å². The quantitative estimate of drug-likeness (QED) is 0.0237. The molecule has 50 heavy (non-hydrogen) atoms. The average Bonchev–Trinajstić information content (AvgIpc) is 3.10. The summed E-state index contributed by atoms with van der Waals surface area (Å²) in [5.41, 5.74) is 1.00. The van der Waals surface area contributed by atoms with Gasteiger partial charge < -0.3 is 15.5 Å². The number of aromatic hydroxyl groups is 1. The second kappa shape index (κ2) is 34.4. The lowest BCUT2D eigenvalue weighted by Crippen LogP contribution is -2.51. The number of unbranched alkanes of at least 4 members (excludes halogenated alkanes) is 24. The van der Waals surface area contributed by atoms with Gasteiger partial charge in [0.2, 0.25) is 5.91 Å². The van der Waals surface area contributed by atoms with E-state index in [1.807, 2.05) is 12.1 Å². The van der Waals surface area contributed by atoms with Crippen LogP contribution >= 0.6 is 45.2 Å². The monoisotopic (exact) mass is 922 g/mol. The number of phenolic OH excluding ortho intramolecular Hbond substituents is 1. The number of nitrogens with one attached hydrogen (secondary N) is 2. The highest BCUT2D eigenvalue weighted by atomic mass is 127. The Morgan fingerprint density at radius 1 is 0.640 bits per heavy atom. The van der Waals surface area contributed by atoms with E-state index in [1.54, 1.807) is 0 Å². The number of amides is 1. The predicted octanol–water partition coefficient (Wildman–Crippen LogP) is 13.1. The molecule has 0 heterocycles. The topological polar surface area (TPSA) is 81.6 Å². The summed E-state index contributed by atoms with van der Waals surface area (Å²) in [6.07, 6.45) is 39.5. The molecule has 1 aromatic carbocycles. The molecule has 0 radical (unpaired) electrons. The van der Waals surface area contributed by atoms with Crippen LogP contribution < -0.4 is 10.6 Å². The summed E-state index contributed by atoms with van der Waals surface area (Å²) < 4.78 is 1.57. The van der Waals surface area contributed by atoms with Crippen molar-refractivity contribution >= 4 is 51.1 Å². The van der Waals surface area contributed by atoms with Gasteiger partial charge in [0, 0.05) is 6.42 Å². The van der Waals surface area contributed by atoms with Crippen molar-refractivity contribution in [2.45, 2.75) is 212 Å². The zero-order valence-corrected chi connectivity index (χ0v) is 36.6. The van der Waals surface area contributed by atoms with Crippen molar-refractivity contribution in [3.8, 4) is 5.75 Å². The van der Waals surface area contributed by atoms with Crippen LogP contribution in [0.5, 0.6) is 5.75 Å². The molecule has 7 heteroatoms. The molecule has 0 aliphatic carbocycles. The van der Waals surface area contributed by atoms with Crippen LogP contribution in [0.1, 0.15) is 199 Å². The molecular weight excluding hydrogens is 846 g/mol. The van der Waals surface area contributed by atoms with Crippen LogP contribution in [-0.2, 0) is 11.2 Å². The van der Waals surface area contributed by atoms with Crippen LogP contribution in [0.25, 0.3) is 0 Å². The van der Waals surface area contributed by atoms with E-state index >= 15 is 0 Å². The second-order valence-electron chi connectivity index (χ2n) is 14.6. The first-order chi connectivity index (χ1) is 24.4. The molecule has 0 saturated carbocycles. The highest BCUT2D eigenvalue weighted by molar-refractivity contribution is 14.1. The van der Waals surface area contributed by atoms with Gasteiger partial charge >= 0.3 is 0 Å². The highest BCUT2D eigenvalue weighted by Gasteiger charge is 2.22. The fourth-order valence-electron chi connectivity index (χ4n) is 6.58. The van der Waals surface area contributed by atoms with E-state index in [0.29, 0.717) is 12.8 Å². The fourth-order valence-corrected chi connectivity index (χ4v) is 8.48. The van der Waals surface area contributed by atoms with Gasteiger partial charge in [-0.05, 0) is 114 Å². The molecule has 1 aromatic rings. The van der Waals surface area contributed by atoms with Gasteiger partial charge in [0.05, 0.1) is 13.2 Å². The van der Waals surface area contributed by atoms with Crippen LogP contribution in [0.2, 0.25) is 0 Å². The molecule has 1 amide bonds. The van der Waals surface area contributed by atoms with E-state index in [9.17, 15) is 15.0 Å². The van der Waals surface area contributed by atoms with E-state index in [4.69, 9.17) is 0 Å². The molecule has 2 atom stereocenters. The molecule has 2 unspecified atom stereocenters. The van der Waals surface area contributed by atoms with Crippen molar-refractivity contribution in [3.05, 3.63) is 37.0 Å². The average molecular weight is 923 g/mol. The van der Waals surface area contributed by atoms with Gasteiger partial charge in [-0.2, -0.15) is 0 Å². The van der Waals surface area contributed by atoms with Crippen LogP contribution in [0.15, 0.2) is 24.3 Å². The highest BCUT2D eigenvalue weighted by Crippen LogP contribution is 2.28. The van der Waals surface area contributed by atoms with Gasteiger partial charge in [0.1, 0.15) is 12.0 Å². The van der Waals surface area contributed by atoms with Crippen LogP contribution in [0.3, 0.4) is 0 Å². The first-order valence-corrected chi connectivity index (χ1v) is 23.1. The van der Waals surface area contributed by atoms with Gasteiger partial charge in [-0.15, -0.1) is 0 Å². The van der Waals surface area contributed by atoms with Crippen molar-refractivity contribution in [2.75, 3.05) is 6.54 Å². The number of benzene rings is 1. The summed E-state index contributed by atoms with van der Waals surface area (Å²) >= 11 is 4.28. The lowest BCUT2D eigenvalue weighted by atomic mass is 10.0. The molecule has 0 saturated heterocycles. The van der Waals surface area contributed by atoms with Crippen molar-refractivity contribution in [2.24, 2.45) is 0 Å². The van der Waals surface area contributed by atoms with Gasteiger partial charge in [0.25, 0.3) is 0 Å². The second-order valence-corrected chi connectivity index (χ2v) is 16.9. The number of carbonyl (C=O) groups excluding carboxylic acids is 1. The summed E-state index contributed by atoms with van der Waals surface area (Å²) in [4.78, 5) is 13.0. The zero-order valence-electron chi connectivity index (χ0n) is 32.2. The minimum Gasteiger partial charge on any atom is -0.506 e. The summed E-state index contributed by atoms with van der Waals surface area (Å²) in [6.45, 7) is 5.29. The lowest BCUT2D eigenvalue weighted by molar-refractivity contribution is -0.123. The van der Waals surface area contributed by atoms with E-state index in [0.717, 1.165) is 57.8 Å². The Kier molecular flexibility index (Phi) is 32.8. The van der Waals surface area contributed by atoms with Gasteiger partial charge in [-0.1, -0.05) is 161 Å². The van der Waals surface area contributed by atoms with E-state index in [1.165, 1.54) is 135 Å². The summed E-state index contributed by atoms with van der Waals surface area (Å²) in [5, 5.41) is 27.8. The molecule has 290 valence electrons. The smallest absolute Gasteiger partial charge is 0.220 e. The molecule has 0 spiro atoms. The summed E-state index contributed by atoms with van der Waals surface area (Å²) in [5.74, 6) is 0.296. The molecule has 0 bridgehead atoms. The Bertz CT molecular complexity index is 950. The normalized spacial score (nSPS) is 12.9. The number of hydrogen-bond donors (Lipinski definition) is 4. The third-order valence-corrected chi connectivity index (χ3v) is 11.5. The Morgan fingerprint density at radius 3 is 1.50 bits per heavy atom. The van der Waals surface area contributed by atoms with Gasteiger partial charge in [-0.3, -0.25) is 10.1 Å². The maximum atomic E-state index is 13.0. The third kappa shape index (κ3) is 27.2. The van der Waals surface area contributed by atoms with Crippen molar-refractivity contribution in [3.63, 3.8) is 0 Å². The number of carbonyl (C=O) groups is 1. The fraction of sp³-hybridized carbons (Fsp3) is 0.791. The number of halogens is 2. The standard InChI is InChI=1S/C43H76I2N2O3/c1-3-5-7-9-11-13-15-17-19-20-22-24-26-28-30-32-41(48)47-40(36-37-34-38(44)42(49)39(45)35-37)43(50)46-33-31-29-27-25-23-21-18-16-14-12-10-8-6-4-2/h17,19,34-35,40,43,46,49-50H,3-16,18,20-33,36H2,1-2H3,(H,47,48)/b19-17+. The molecule has 4 N–H and O–H groups in total. The Hall–Kier alpha value is -0.390. The van der Waals surface area contributed by atoms with Crippen LogP contribution in [-0.4, -0.2) is 34.9 Å². The molecule has 0 aliphatic heterocycles. The SMILES string of the molecule is CCCCCCCC/C=C/CCCCCCCC(=O)NC(Cc1cc(I)c(O)c(I)c1)C(O)NCCCCCCCCCCCCCCCC. The maximum absolute atomic E-state index is 13.0. The summed E-state index contributed by atoms with van der Waals surface area (Å²) in [6, 6.07) is 3.47. The minimum absolute atomic E-state index is 0.00754. The number of aliphatic hydroxyl groups is 1. The van der Waals surface area contributed by atoms with Crippen molar-refractivity contribution < 1.29 is 15.0 Å².